The minimum atomic E-state index is 0.873. The minimum absolute atomic E-state index is 0.873. The smallest absolute Gasteiger partial charge is 0.204 e. The van der Waals surface area contributed by atoms with E-state index in [2.05, 4.69) is 46.5 Å². The predicted molar refractivity (Wildman–Crippen MR) is 90.1 cm³/mol. The zero-order valence-corrected chi connectivity index (χ0v) is 13.3. The summed E-state index contributed by atoms with van der Waals surface area (Å²) in [6.07, 6.45) is 2.08. The van der Waals surface area contributed by atoms with Crippen molar-refractivity contribution in [3.63, 3.8) is 0 Å². The van der Waals surface area contributed by atoms with Crippen molar-refractivity contribution in [3.8, 4) is 11.3 Å². The van der Waals surface area contributed by atoms with Gasteiger partial charge >= 0.3 is 0 Å². The first-order valence-corrected chi connectivity index (χ1v) is 8.07. The van der Waals surface area contributed by atoms with Gasteiger partial charge in [-0.3, -0.25) is 5.43 Å². The van der Waals surface area contributed by atoms with Crippen LogP contribution >= 0.6 is 11.3 Å². The van der Waals surface area contributed by atoms with Crippen molar-refractivity contribution < 1.29 is 0 Å². The lowest BCUT2D eigenvalue weighted by molar-refractivity contribution is 0.336. The molecule has 0 atom stereocenters. The maximum atomic E-state index is 4.67. The number of likely N-dealkylation sites (tertiary alicyclic amines) is 1. The molecular weight excluding hydrogens is 280 g/mol. The first-order valence-electron chi connectivity index (χ1n) is 7.25. The normalized spacial score (nSPS) is 16.0. The molecule has 1 aliphatic rings. The number of aryl methyl sites for hydroxylation is 1. The predicted octanol–water partition coefficient (Wildman–Crippen LogP) is 3.61. The van der Waals surface area contributed by atoms with Crippen molar-refractivity contribution in [2.45, 2.75) is 19.8 Å². The Morgan fingerprint density at radius 3 is 2.62 bits per heavy atom. The summed E-state index contributed by atoms with van der Waals surface area (Å²) in [6, 6.07) is 10.3. The molecule has 1 saturated heterocycles. The van der Waals surface area contributed by atoms with Gasteiger partial charge in [-0.15, -0.1) is 11.3 Å². The van der Waals surface area contributed by atoms with Crippen LogP contribution in [0.25, 0.3) is 11.3 Å². The number of anilines is 1. The van der Waals surface area contributed by atoms with Gasteiger partial charge in [0.2, 0.25) is 5.13 Å². The molecule has 1 aromatic heterocycles. The molecule has 0 unspecified atom stereocenters. The molecule has 0 aliphatic carbocycles. The Morgan fingerprint density at radius 2 is 1.90 bits per heavy atom. The molecule has 1 aromatic carbocycles. The van der Waals surface area contributed by atoms with Crippen molar-refractivity contribution in [2.75, 3.05) is 25.6 Å². The third kappa shape index (κ3) is 3.49. The van der Waals surface area contributed by atoms with E-state index in [9.17, 15) is 0 Å². The maximum absolute atomic E-state index is 4.67. The first kappa shape index (κ1) is 14.2. The van der Waals surface area contributed by atoms with E-state index in [4.69, 9.17) is 0 Å². The number of nitrogens with one attached hydrogen (secondary N) is 1. The third-order valence-electron chi connectivity index (χ3n) is 3.72. The maximum Gasteiger partial charge on any atom is 0.204 e. The number of hydrazone groups is 1. The summed E-state index contributed by atoms with van der Waals surface area (Å²) in [7, 11) is 2.15. The zero-order valence-electron chi connectivity index (χ0n) is 12.5. The Labute approximate surface area is 129 Å². The molecule has 3 rings (SSSR count). The van der Waals surface area contributed by atoms with E-state index in [1.165, 1.54) is 10.6 Å². The average molecular weight is 300 g/mol. The Balaban J connectivity index is 1.71. The number of hydrogen-bond donors (Lipinski definition) is 1. The molecule has 5 heteroatoms. The van der Waals surface area contributed by atoms with Crippen molar-refractivity contribution in [2.24, 2.45) is 5.10 Å². The highest BCUT2D eigenvalue weighted by Gasteiger charge is 2.12. The van der Waals surface area contributed by atoms with Gasteiger partial charge in [0.1, 0.15) is 0 Å². The van der Waals surface area contributed by atoms with Gasteiger partial charge in [-0.1, -0.05) is 30.3 Å². The highest BCUT2D eigenvalue weighted by Crippen LogP contribution is 2.30. The molecule has 2 heterocycles. The standard InChI is InChI=1S/C16H20N4S/c1-12-15(13-6-4-3-5-7-13)17-16(21-12)19-18-14-8-10-20(2)11-9-14/h3-7H,8-11H2,1-2H3,(H,17,19). The number of nitrogens with zero attached hydrogens (tertiary/aromatic N) is 3. The molecule has 1 N–H and O–H groups in total. The van der Waals surface area contributed by atoms with Gasteiger partial charge in [0, 0.05) is 42.1 Å². The van der Waals surface area contributed by atoms with Crippen LogP contribution in [0.15, 0.2) is 35.4 Å². The van der Waals surface area contributed by atoms with Crippen molar-refractivity contribution in [1.29, 1.82) is 0 Å². The van der Waals surface area contributed by atoms with Gasteiger partial charge in [0.05, 0.1) is 5.69 Å². The Bertz CT molecular complexity index is 623. The third-order valence-corrected chi connectivity index (χ3v) is 4.59. The van der Waals surface area contributed by atoms with E-state index < -0.39 is 0 Å². The quantitative estimate of drug-likeness (QED) is 0.880. The Morgan fingerprint density at radius 1 is 1.19 bits per heavy atom. The molecule has 2 aromatic rings. The van der Waals surface area contributed by atoms with Gasteiger partial charge in [-0.2, -0.15) is 5.10 Å². The summed E-state index contributed by atoms with van der Waals surface area (Å²) in [5.41, 5.74) is 6.58. The second-order valence-corrected chi connectivity index (χ2v) is 6.59. The monoisotopic (exact) mass is 300 g/mol. The molecule has 0 bridgehead atoms. The Hall–Kier alpha value is -1.72. The molecule has 0 saturated carbocycles. The average Bonchev–Trinajstić information content (AvgIpc) is 2.89. The number of rotatable bonds is 3. The van der Waals surface area contributed by atoms with Gasteiger partial charge in [0.15, 0.2) is 0 Å². The second-order valence-electron chi connectivity index (χ2n) is 5.38. The summed E-state index contributed by atoms with van der Waals surface area (Å²) in [5, 5.41) is 5.40. The van der Waals surface area contributed by atoms with Crippen LogP contribution < -0.4 is 5.43 Å². The topological polar surface area (TPSA) is 40.5 Å². The van der Waals surface area contributed by atoms with Gasteiger partial charge < -0.3 is 4.90 Å². The summed E-state index contributed by atoms with van der Waals surface area (Å²) < 4.78 is 0. The van der Waals surface area contributed by atoms with Gasteiger partial charge in [-0.05, 0) is 14.0 Å². The number of piperidine rings is 1. The first-order chi connectivity index (χ1) is 10.2. The van der Waals surface area contributed by atoms with Crippen LogP contribution in [0.3, 0.4) is 0 Å². The molecule has 110 valence electrons. The fourth-order valence-corrected chi connectivity index (χ4v) is 3.20. The van der Waals surface area contributed by atoms with Crippen LogP contribution in [0.1, 0.15) is 17.7 Å². The highest BCUT2D eigenvalue weighted by atomic mass is 32.1. The van der Waals surface area contributed by atoms with Crippen LogP contribution in [0.5, 0.6) is 0 Å². The van der Waals surface area contributed by atoms with Crippen LogP contribution in [0.2, 0.25) is 0 Å². The lowest BCUT2D eigenvalue weighted by Gasteiger charge is -2.22. The molecular formula is C16H20N4S. The van der Waals surface area contributed by atoms with Crippen LogP contribution in [-0.2, 0) is 0 Å². The summed E-state index contributed by atoms with van der Waals surface area (Å²) in [6.45, 7) is 4.28. The minimum Gasteiger partial charge on any atom is -0.306 e. The van der Waals surface area contributed by atoms with E-state index in [1.54, 1.807) is 11.3 Å². The second kappa shape index (κ2) is 6.37. The zero-order chi connectivity index (χ0) is 14.7. The van der Waals surface area contributed by atoms with Crippen LogP contribution in [0.4, 0.5) is 5.13 Å². The van der Waals surface area contributed by atoms with Gasteiger partial charge in [0.25, 0.3) is 0 Å². The number of hydrogen-bond acceptors (Lipinski definition) is 5. The molecule has 0 amide bonds. The summed E-state index contributed by atoms with van der Waals surface area (Å²) in [4.78, 5) is 8.22. The number of thiazole rings is 1. The molecule has 0 radical (unpaired) electrons. The summed E-state index contributed by atoms with van der Waals surface area (Å²) in [5.74, 6) is 0. The lowest BCUT2D eigenvalue weighted by atomic mass is 10.1. The molecule has 1 fully saturated rings. The molecule has 1 aliphatic heterocycles. The van der Waals surface area contributed by atoms with E-state index in [0.717, 1.165) is 42.3 Å². The number of aromatic nitrogens is 1. The van der Waals surface area contributed by atoms with Crippen molar-refractivity contribution in [1.82, 2.24) is 9.88 Å². The molecule has 0 spiro atoms. The largest absolute Gasteiger partial charge is 0.306 e. The Kier molecular flexibility index (Phi) is 4.31. The van der Waals surface area contributed by atoms with Crippen molar-refractivity contribution >= 4 is 22.2 Å². The summed E-state index contributed by atoms with van der Waals surface area (Å²) >= 11 is 1.66. The fourth-order valence-electron chi connectivity index (χ4n) is 2.42. The lowest BCUT2D eigenvalue weighted by Crippen LogP contribution is -2.30. The van der Waals surface area contributed by atoms with Crippen LogP contribution in [-0.4, -0.2) is 35.7 Å². The van der Waals surface area contributed by atoms with E-state index in [1.807, 2.05) is 18.2 Å². The van der Waals surface area contributed by atoms with E-state index >= 15 is 0 Å². The van der Waals surface area contributed by atoms with Crippen LogP contribution in [0, 0.1) is 6.92 Å². The van der Waals surface area contributed by atoms with E-state index in [0.29, 0.717) is 0 Å². The van der Waals surface area contributed by atoms with Gasteiger partial charge in [-0.25, -0.2) is 4.98 Å². The molecule has 21 heavy (non-hydrogen) atoms. The molecule has 4 nitrogen and oxygen atoms in total. The van der Waals surface area contributed by atoms with E-state index in [-0.39, 0.29) is 0 Å². The number of benzene rings is 1. The van der Waals surface area contributed by atoms with Crippen molar-refractivity contribution in [3.05, 3.63) is 35.2 Å². The fraction of sp³-hybridized carbons (Fsp3) is 0.375. The highest BCUT2D eigenvalue weighted by molar-refractivity contribution is 7.15. The SMILES string of the molecule is Cc1sc(NN=C2CCN(C)CC2)nc1-c1ccccc1.